The van der Waals surface area contributed by atoms with E-state index in [0.29, 0.717) is 29.0 Å². The van der Waals surface area contributed by atoms with Crippen molar-refractivity contribution in [1.82, 2.24) is 4.05 Å². The van der Waals surface area contributed by atoms with E-state index in [1.165, 1.54) is 19.2 Å². The number of nitrogens with zero attached hydrogens (tertiary/aromatic N) is 1. The average Bonchev–Trinajstić information content (AvgIpc) is 3.18. The zero-order valence-electron chi connectivity index (χ0n) is 17.0. The molecule has 3 aromatic carbocycles. The third-order valence-electron chi connectivity index (χ3n) is 5.49. The summed E-state index contributed by atoms with van der Waals surface area (Å²) in [6.45, 7) is 0.120. The zero-order valence-corrected chi connectivity index (χ0v) is 17.8. The number of quaternary nitrogens is 1. The normalized spacial score (nSPS) is 17.8. The Morgan fingerprint density at radius 2 is 1.68 bits per heavy atom. The number of benzene rings is 3. The first-order valence-corrected chi connectivity index (χ1v) is 11.2. The van der Waals surface area contributed by atoms with E-state index in [-0.39, 0.29) is 18.0 Å². The molecular weight excluding hydrogens is 416 g/mol. The highest BCUT2D eigenvalue weighted by Gasteiger charge is 2.53. The van der Waals surface area contributed by atoms with Crippen molar-refractivity contribution in [3.05, 3.63) is 89.5 Å². The fraction of sp³-hybridized carbons (Fsp3) is 0.174. The van der Waals surface area contributed by atoms with Crippen LogP contribution in [0.3, 0.4) is 0 Å². The molecule has 4 rings (SSSR count). The van der Waals surface area contributed by atoms with Gasteiger partial charge in [-0.3, -0.25) is 4.79 Å². The van der Waals surface area contributed by atoms with Crippen molar-refractivity contribution in [2.24, 2.45) is 5.73 Å². The number of para-hydroxylation sites is 1. The van der Waals surface area contributed by atoms with Gasteiger partial charge in [0.1, 0.15) is 23.8 Å². The van der Waals surface area contributed by atoms with E-state index in [1.54, 1.807) is 48.5 Å². The van der Waals surface area contributed by atoms with Gasteiger partial charge in [-0.2, -0.15) is 13.3 Å². The Balaban J connectivity index is 1.80. The number of hydroxylamine groups is 1. The maximum Gasteiger partial charge on any atom is 0.362 e. The summed E-state index contributed by atoms with van der Waals surface area (Å²) in [5.41, 5.74) is 7.78. The smallest absolute Gasteiger partial charge is 0.362 e. The maximum absolute atomic E-state index is 13.9. The van der Waals surface area contributed by atoms with Gasteiger partial charge in [0.05, 0.1) is 7.11 Å². The van der Waals surface area contributed by atoms with Gasteiger partial charge in [-0.05, 0) is 39.9 Å². The second-order valence-corrected chi connectivity index (χ2v) is 9.23. The monoisotopic (exact) mass is 439 g/mol. The molecule has 0 saturated heterocycles. The molecule has 160 valence electrons. The van der Waals surface area contributed by atoms with Gasteiger partial charge in [-0.25, -0.2) is 0 Å². The van der Waals surface area contributed by atoms with Crippen LogP contribution < -0.4 is 14.5 Å². The highest BCUT2D eigenvalue weighted by molar-refractivity contribution is 7.90. The third-order valence-corrected chi connectivity index (χ3v) is 7.62. The topological polar surface area (TPSA) is 95.7 Å². The summed E-state index contributed by atoms with van der Waals surface area (Å²) in [5, 5.41) is 0. The highest BCUT2D eigenvalue weighted by atomic mass is 32.2. The summed E-state index contributed by atoms with van der Waals surface area (Å²) in [6.07, 6.45) is 0.545. The van der Waals surface area contributed by atoms with Crippen LogP contribution in [-0.4, -0.2) is 28.0 Å². The van der Waals surface area contributed by atoms with Crippen molar-refractivity contribution in [3.8, 4) is 5.75 Å². The molecule has 3 aromatic rings. The van der Waals surface area contributed by atoms with Crippen LogP contribution in [0.5, 0.6) is 5.75 Å². The number of amides is 1. The van der Waals surface area contributed by atoms with E-state index in [2.05, 4.69) is 0 Å². The summed E-state index contributed by atoms with van der Waals surface area (Å²) in [4.78, 5) is 18.1. The van der Waals surface area contributed by atoms with Crippen LogP contribution in [0.1, 0.15) is 21.5 Å². The third kappa shape index (κ3) is 3.59. The van der Waals surface area contributed by atoms with Crippen LogP contribution in [0.4, 0.5) is 5.69 Å². The number of ether oxygens (including phenoxy) is 1. The molecule has 8 heteroatoms. The summed E-state index contributed by atoms with van der Waals surface area (Å²) >= 11 is 0. The maximum atomic E-state index is 13.9. The fourth-order valence-electron chi connectivity index (χ4n) is 3.87. The molecule has 0 spiro atoms. The number of hydrogen-bond donors (Lipinski definition) is 1. The Bertz CT molecular complexity index is 1220. The van der Waals surface area contributed by atoms with Gasteiger partial charge in [-0.1, -0.05) is 36.4 Å². The molecule has 31 heavy (non-hydrogen) atoms. The van der Waals surface area contributed by atoms with Crippen LogP contribution in [-0.2, 0) is 27.9 Å². The van der Waals surface area contributed by atoms with Crippen molar-refractivity contribution in [2.75, 3.05) is 13.7 Å². The largest absolute Gasteiger partial charge is 0.497 e. The van der Waals surface area contributed by atoms with Crippen LogP contribution in [0.2, 0.25) is 0 Å². The Morgan fingerprint density at radius 3 is 2.39 bits per heavy atom. The fourth-order valence-corrected chi connectivity index (χ4v) is 5.65. The lowest BCUT2D eigenvalue weighted by Gasteiger charge is -2.30. The second-order valence-electron chi connectivity index (χ2n) is 7.22. The molecule has 0 fully saturated rings. The first-order chi connectivity index (χ1) is 14.9. The summed E-state index contributed by atoms with van der Waals surface area (Å²) < 4.78 is 32.2. The quantitative estimate of drug-likeness (QED) is 0.571. The molecule has 0 bridgehead atoms. The number of hydrogen-bond acceptors (Lipinski definition) is 5. The molecule has 1 heterocycles. The molecule has 1 aliphatic heterocycles. The van der Waals surface area contributed by atoms with Crippen molar-refractivity contribution >= 4 is 21.6 Å². The molecule has 1 amide bonds. The first kappa shape index (κ1) is 21.0. The van der Waals surface area contributed by atoms with Crippen LogP contribution in [0, 0.1) is 0 Å². The van der Waals surface area contributed by atoms with Crippen LogP contribution in [0.25, 0.3) is 0 Å². The predicted octanol–water partition coefficient (Wildman–Crippen LogP) is 3.18. The number of carbonyl (C=O) groups excluding carboxylic acids is 1. The van der Waals surface area contributed by atoms with Gasteiger partial charge >= 0.3 is 10.0 Å². The summed E-state index contributed by atoms with van der Waals surface area (Å²) in [7, 11) is -2.48. The van der Waals surface area contributed by atoms with Gasteiger partial charge in [0.25, 0.3) is 0 Å². The minimum Gasteiger partial charge on any atom is -0.497 e. The predicted molar refractivity (Wildman–Crippen MR) is 117 cm³/mol. The Labute approximate surface area is 181 Å². The number of rotatable bonds is 7. The van der Waals surface area contributed by atoms with E-state index >= 15 is 0 Å². The molecule has 0 saturated carbocycles. The Morgan fingerprint density at radius 1 is 1.00 bits per heavy atom. The molecule has 0 aromatic heterocycles. The Kier molecular flexibility index (Phi) is 5.53. The average molecular weight is 440 g/mol. The van der Waals surface area contributed by atoms with Crippen molar-refractivity contribution in [1.29, 1.82) is 0 Å². The molecule has 2 N–H and O–H groups in total. The molecule has 1 aliphatic rings. The molecule has 1 unspecified atom stereocenters. The number of nitrogens with two attached hydrogens (primary N) is 1. The van der Waals surface area contributed by atoms with Crippen LogP contribution in [0.15, 0.2) is 77.7 Å². The van der Waals surface area contributed by atoms with Gasteiger partial charge in [0, 0.05) is 23.6 Å². The standard InChI is InChI=1S/C23H22N2O5S/c1-29-19-10-12-20(13-11-19)31(27,28)25(15-14-17-6-3-5-9-22(17)25)30-16-18-7-2-4-8-21(18)23(24)26/h2-13H,14-16H2,1H3,(H-,24,26)/p+1. The van der Waals surface area contributed by atoms with E-state index in [1.807, 2.05) is 12.1 Å². The number of carbonyl (C=O) groups is 1. The molecule has 0 radical (unpaired) electrons. The lowest BCUT2D eigenvalue weighted by molar-refractivity contribution is -0.0813. The minimum atomic E-state index is -4.00. The van der Waals surface area contributed by atoms with Crippen molar-refractivity contribution in [2.45, 2.75) is 17.9 Å². The highest BCUT2D eigenvalue weighted by Crippen LogP contribution is 2.41. The van der Waals surface area contributed by atoms with Gasteiger partial charge in [0.15, 0.2) is 5.69 Å². The van der Waals surface area contributed by atoms with Crippen LogP contribution >= 0.6 is 0 Å². The van der Waals surface area contributed by atoms with E-state index in [0.717, 1.165) is 5.56 Å². The zero-order chi connectivity index (χ0) is 22.1. The van der Waals surface area contributed by atoms with E-state index in [9.17, 15) is 13.2 Å². The van der Waals surface area contributed by atoms with Gasteiger partial charge in [-0.15, -0.1) is 0 Å². The Hall–Kier alpha value is -3.20. The minimum absolute atomic E-state index is 0.0944. The SMILES string of the molecule is COc1ccc(S(=O)(=O)[N+]2(OCc3ccccc3C(N)=O)CCc3ccccc32)cc1. The van der Waals surface area contributed by atoms with E-state index in [4.69, 9.17) is 15.3 Å². The number of methoxy groups -OCH3 is 1. The summed E-state index contributed by atoms with van der Waals surface area (Å²) in [6, 6.07) is 20.3. The molecule has 0 aliphatic carbocycles. The molecular formula is C23H23N2O5S+. The van der Waals surface area contributed by atoms with Gasteiger partial charge in [0.2, 0.25) is 5.91 Å². The number of fused-ring (bicyclic) bond motifs is 1. The number of primary amides is 1. The molecule has 7 nitrogen and oxygen atoms in total. The van der Waals surface area contributed by atoms with Crippen molar-refractivity contribution < 1.29 is 22.8 Å². The first-order valence-electron chi connectivity index (χ1n) is 9.77. The lowest BCUT2D eigenvalue weighted by atomic mass is 10.1. The van der Waals surface area contributed by atoms with Crippen molar-refractivity contribution in [3.63, 3.8) is 0 Å². The van der Waals surface area contributed by atoms with E-state index < -0.39 is 20.0 Å². The second kappa shape index (κ2) is 8.14. The number of sulfonamides is 1. The van der Waals surface area contributed by atoms with Gasteiger partial charge < -0.3 is 10.5 Å². The summed E-state index contributed by atoms with van der Waals surface area (Å²) in [5.74, 6) is -0.0331. The lowest BCUT2D eigenvalue weighted by Crippen LogP contribution is -2.52. The molecule has 1 atom stereocenters.